The zero-order valence-corrected chi connectivity index (χ0v) is 13.5. The van der Waals surface area contributed by atoms with E-state index < -0.39 is 0 Å². The minimum absolute atomic E-state index is 0.242. The molecule has 0 radical (unpaired) electrons. The van der Waals surface area contributed by atoms with Crippen LogP contribution in [0.25, 0.3) is 0 Å². The quantitative estimate of drug-likeness (QED) is 0.874. The first-order valence-electron chi connectivity index (χ1n) is 8.27. The summed E-state index contributed by atoms with van der Waals surface area (Å²) in [6, 6.07) is 7.51. The number of fused-ring (bicyclic) bond motifs is 1. The third-order valence-electron chi connectivity index (χ3n) is 5.26. The number of benzene rings is 1. The van der Waals surface area contributed by atoms with E-state index in [1.54, 1.807) is 0 Å². The van der Waals surface area contributed by atoms with Crippen LogP contribution in [0.15, 0.2) is 18.2 Å². The second kappa shape index (κ2) is 6.07. The van der Waals surface area contributed by atoms with Crippen LogP contribution in [0.5, 0.6) is 0 Å². The van der Waals surface area contributed by atoms with E-state index in [1.807, 2.05) is 0 Å². The normalized spacial score (nSPS) is 27.0. The van der Waals surface area contributed by atoms with Gasteiger partial charge in [0.1, 0.15) is 0 Å². The Balaban J connectivity index is 1.56. The lowest BCUT2D eigenvalue weighted by Gasteiger charge is -2.52. The summed E-state index contributed by atoms with van der Waals surface area (Å²) in [4.78, 5) is 0. The number of rotatable bonds is 5. The minimum atomic E-state index is 0.242. The van der Waals surface area contributed by atoms with Gasteiger partial charge in [-0.05, 0) is 43.0 Å². The summed E-state index contributed by atoms with van der Waals surface area (Å²) in [7, 11) is 0. The fourth-order valence-corrected chi connectivity index (χ4v) is 3.60. The first-order chi connectivity index (χ1) is 10.1. The van der Waals surface area contributed by atoms with E-state index in [-0.39, 0.29) is 5.41 Å². The Hall–Kier alpha value is -0.900. The summed E-state index contributed by atoms with van der Waals surface area (Å²) in [6.45, 7) is 10.6. The molecule has 0 spiro atoms. The molecule has 3 heteroatoms. The Morgan fingerprint density at radius 3 is 2.95 bits per heavy atom. The Labute approximate surface area is 128 Å². The molecule has 1 aromatic rings. The van der Waals surface area contributed by atoms with E-state index in [1.165, 1.54) is 16.7 Å². The number of nitrogens with one attached hydrogen (secondary N) is 2. The topological polar surface area (TPSA) is 33.3 Å². The van der Waals surface area contributed by atoms with Crippen LogP contribution in [0.4, 0.5) is 0 Å². The SMILES string of the molecule is CCOC1CC(NCc2ccc3c(c2)CNCC3)C1(C)C. The summed E-state index contributed by atoms with van der Waals surface area (Å²) in [6.07, 6.45) is 2.70. The highest BCUT2D eigenvalue weighted by Crippen LogP contribution is 2.42. The fourth-order valence-electron chi connectivity index (χ4n) is 3.60. The van der Waals surface area contributed by atoms with Gasteiger partial charge in [-0.15, -0.1) is 0 Å². The molecule has 1 fully saturated rings. The van der Waals surface area contributed by atoms with Gasteiger partial charge < -0.3 is 15.4 Å². The second-order valence-corrected chi connectivity index (χ2v) is 6.96. The van der Waals surface area contributed by atoms with Gasteiger partial charge in [-0.3, -0.25) is 0 Å². The van der Waals surface area contributed by atoms with Crippen molar-refractivity contribution in [2.75, 3.05) is 13.2 Å². The molecule has 3 rings (SSSR count). The molecule has 116 valence electrons. The van der Waals surface area contributed by atoms with Crippen molar-refractivity contribution in [1.29, 1.82) is 0 Å². The van der Waals surface area contributed by atoms with Crippen LogP contribution in [0.2, 0.25) is 0 Å². The van der Waals surface area contributed by atoms with E-state index in [9.17, 15) is 0 Å². The summed E-state index contributed by atoms with van der Waals surface area (Å²) in [5.74, 6) is 0. The van der Waals surface area contributed by atoms with Gasteiger partial charge in [0.2, 0.25) is 0 Å². The van der Waals surface area contributed by atoms with Crippen LogP contribution in [0, 0.1) is 5.41 Å². The van der Waals surface area contributed by atoms with E-state index >= 15 is 0 Å². The van der Waals surface area contributed by atoms with Gasteiger partial charge >= 0.3 is 0 Å². The van der Waals surface area contributed by atoms with Crippen molar-refractivity contribution in [3.8, 4) is 0 Å². The highest BCUT2D eigenvalue weighted by Gasteiger charge is 2.48. The van der Waals surface area contributed by atoms with E-state index in [0.29, 0.717) is 12.1 Å². The van der Waals surface area contributed by atoms with Crippen molar-refractivity contribution in [3.63, 3.8) is 0 Å². The molecule has 0 amide bonds. The smallest absolute Gasteiger partial charge is 0.0655 e. The van der Waals surface area contributed by atoms with Crippen LogP contribution in [0.1, 0.15) is 43.9 Å². The molecular weight excluding hydrogens is 260 g/mol. The van der Waals surface area contributed by atoms with E-state index in [2.05, 4.69) is 49.6 Å². The molecule has 1 heterocycles. The Bertz CT molecular complexity index is 498. The molecule has 2 aliphatic rings. The Morgan fingerprint density at radius 2 is 2.19 bits per heavy atom. The zero-order chi connectivity index (χ0) is 14.9. The van der Waals surface area contributed by atoms with Crippen LogP contribution in [-0.2, 0) is 24.2 Å². The maximum atomic E-state index is 5.80. The van der Waals surface area contributed by atoms with Gasteiger partial charge in [0.05, 0.1) is 6.10 Å². The summed E-state index contributed by atoms with van der Waals surface area (Å²) in [5, 5.41) is 7.17. The molecule has 2 atom stereocenters. The third-order valence-corrected chi connectivity index (χ3v) is 5.26. The van der Waals surface area contributed by atoms with Crippen molar-refractivity contribution in [2.45, 2.75) is 58.8 Å². The molecule has 1 aliphatic carbocycles. The van der Waals surface area contributed by atoms with Gasteiger partial charge in [-0.2, -0.15) is 0 Å². The maximum absolute atomic E-state index is 5.80. The number of hydrogen-bond donors (Lipinski definition) is 2. The molecule has 1 saturated carbocycles. The van der Waals surface area contributed by atoms with Crippen LogP contribution in [-0.4, -0.2) is 25.3 Å². The van der Waals surface area contributed by atoms with Crippen molar-refractivity contribution in [2.24, 2.45) is 5.41 Å². The van der Waals surface area contributed by atoms with E-state index in [4.69, 9.17) is 4.74 Å². The zero-order valence-electron chi connectivity index (χ0n) is 13.5. The predicted molar refractivity (Wildman–Crippen MR) is 86.3 cm³/mol. The molecule has 2 N–H and O–H groups in total. The summed E-state index contributed by atoms with van der Waals surface area (Å²) >= 11 is 0. The van der Waals surface area contributed by atoms with Crippen LogP contribution >= 0.6 is 0 Å². The Morgan fingerprint density at radius 1 is 1.33 bits per heavy atom. The largest absolute Gasteiger partial charge is 0.378 e. The van der Waals surface area contributed by atoms with Crippen molar-refractivity contribution >= 4 is 0 Å². The summed E-state index contributed by atoms with van der Waals surface area (Å²) in [5.41, 5.74) is 4.62. The fraction of sp³-hybridized carbons (Fsp3) is 0.667. The molecule has 0 saturated heterocycles. The Kier molecular flexibility index (Phi) is 4.34. The van der Waals surface area contributed by atoms with Gasteiger partial charge in [0.25, 0.3) is 0 Å². The molecule has 0 bridgehead atoms. The van der Waals surface area contributed by atoms with Gasteiger partial charge in [0.15, 0.2) is 0 Å². The number of ether oxygens (including phenoxy) is 1. The first-order valence-corrected chi connectivity index (χ1v) is 8.27. The molecule has 2 unspecified atom stereocenters. The van der Waals surface area contributed by atoms with Crippen LogP contribution in [0.3, 0.4) is 0 Å². The molecule has 21 heavy (non-hydrogen) atoms. The van der Waals surface area contributed by atoms with Gasteiger partial charge in [0, 0.05) is 31.2 Å². The lowest BCUT2D eigenvalue weighted by atomic mass is 9.64. The molecule has 1 aromatic carbocycles. The molecular formula is C18H28N2O. The summed E-state index contributed by atoms with van der Waals surface area (Å²) < 4.78 is 5.80. The average molecular weight is 288 g/mol. The highest BCUT2D eigenvalue weighted by molar-refractivity contribution is 5.33. The second-order valence-electron chi connectivity index (χ2n) is 6.96. The van der Waals surface area contributed by atoms with Crippen LogP contribution < -0.4 is 10.6 Å². The molecule has 3 nitrogen and oxygen atoms in total. The first kappa shape index (κ1) is 15.0. The lowest BCUT2D eigenvalue weighted by molar-refractivity contribution is -0.114. The standard InChI is InChI=1S/C18H28N2O/c1-4-21-17-10-16(18(17,2)3)20-11-13-5-6-14-7-8-19-12-15(14)9-13/h5-6,9,16-17,19-20H,4,7-8,10-12H2,1-3H3. The average Bonchev–Trinajstić information content (AvgIpc) is 2.50. The monoisotopic (exact) mass is 288 g/mol. The van der Waals surface area contributed by atoms with Crippen molar-refractivity contribution in [1.82, 2.24) is 10.6 Å². The van der Waals surface area contributed by atoms with Crippen molar-refractivity contribution < 1.29 is 4.74 Å². The van der Waals surface area contributed by atoms with Gasteiger partial charge in [-0.25, -0.2) is 0 Å². The third kappa shape index (κ3) is 3.01. The van der Waals surface area contributed by atoms with Crippen molar-refractivity contribution in [3.05, 3.63) is 34.9 Å². The number of hydrogen-bond acceptors (Lipinski definition) is 3. The minimum Gasteiger partial charge on any atom is -0.378 e. The van der Waals surface area contributed by atoms with Gasteiger partial charge in [-0.1, -0.05) is 32.0 Å². The highest BCUT2D eigenvalue weighted by atomic mass is 16.5. The molecule has 0 aromatic heterocycles. The van der Waals surface area contributed by atoms with E-state index in [0.717, 1.165) is 39.1 Å². The predicted octanol–water partition coefficient (Wildman–Crippen LogP) is 2.63. The molecule has 1 aliphatic heterocycles. The maximum Gasteiger partial charge on any atom is 0.0655 e. The lowest BCUT2D eigenvalue weighted by Crippen LogP contribution is -2.60.